The van der Waals surface area contributed by atoms with Gasteiger partial charge in [-0.05, 0) is 54.9 Å². The van der Waals surface area contributed by atoms with Gasteiger partial charge in [0.25, 0.3) is 0 Å². The van der Waals surface area contributed by atoms with Gasteiger partial charge < -0.3 is 15.0 Å². The van der Waals surface area contributed by atoms with E-state index in [0.29, 0.717) is 27.4 Å². The zero-order valence-corrected chi connectivity index (χ0v) is 14.1. The normalized spacial score (nSPS) is 11.3. The first-order valence-electron chi connectivity index (χ1n) is 6.61. The van der Waals surface area contributed by atoms with Gasteiger partial charge in [-0.1, -0.05) is 5.16 Å². The monoisotopic (exact) mass is 368 g/mol. The van der Waals surface area contributed by atoms with Crippen LogP contribution in [0.2, 0.25) is 0 Å². The summed E-state index contributed by atoms with van der Waals surface area (Å²) in [5, 5.41) is 6.52. The lowest BCUT2D eigenvalue weighted by Crippen LogP contribution is -2.27. The van der Waals surface area contributed by atoms with Crippen molar-refractivity contribution in [3.8, 4) is 11.4 Å². The van der Waals surface area contributed by atoms with Crippen LogP contribution in [0.1, 0.15) is 26.7 Å². The van der Waals surface area contributed by atoms with Crippen molar-refractivity contribution >= 4 is 27.7 Å². The minimum Gasteiger partial charge on any atom is -0.444 e. The molecule has 1 aromatic carbocycles. The van der Waals surface area contributed by atoms with E-state index in [1.807, 2.05) is 0 Å². The second kappa shape index (κ2) is 6.45. The molecule has 7 nitrogen and oxygen atoms in total. The molecule has 8 heteroatoms. The van der Waals surface area contributed by atoms with Crippen molar-refractivity contribution in [2.75, 3.05) is 5.32 Å². The van der Waals surface area contributed by atoms with Gasteiger partial charge in [-0.15, -0.1) is 0 Å². The number of nitrogens with one attached hydrogen (secondary N) is 1. The summed E-state index contributed by atoms with van der Waals surface area (Å²) in [4.78, 5) is 16.0. The average Bonchev–Trinajstić information content (AvgIpc) is 2.88. The molecule has 0 atom stereocenters. The maximum Gasteiger partial charge on any atom is 0.412 e. The van der Waals surface area contributed by atoms with Crippen molar-refractivity contribution in [3.05, 3.63) is 28.6 Å². The van der Waals surface area contributed by atoms with Gasteiger partial charge in [0.1, 0.15) is 5.60 Å². The summed E-state index contributed by atoms with van der Waals surface area (Å²) >= 11 is 3.38. The average molecular weight is 369 g/mol. The van der Waals surface area contributed by atoms with E-state index in [1.165, 1.54) is 0 Å². The molecule has 1 amide bonds. The smallest absolute Gasteiger partial charge is 0.412 e. The number of carbonyl (C=O) groups is 1. The highest BCUT2D eigenvalue weighted by atomic mass is 79.9. The minimum atomic E-state index is -0.572. The van der Waals surface area contributed by atoms with Crippen LogP contribution in [-0.4, -0.2) is 21.8 Å². The second-order valence-corrected chi connectivity index (χ2v) is 6.39. The highest BCUT2D eigenvalue weighted by molar-refractivity contribution is 9.10. The van der Waals surface area contributed by atoms with Gasteiger partial charge >= 0.3 is 6.09 Å². The number of amides is 1. The molecular formula is C14H17BrN4O3. The number of nitrogens with zero attached hydrogens (tertiary/aromatic N) is 2. The van der Waals surface area contributed by atoms with Crippen LogP contribution in [0.15, 0.2) is 27.2 Å². The third-order valence-corrected chi connectivity index (χ3v) is 3.19. The fourth-order valence-electron chi connectivity index (χ4n) is 1.63. The first-order chi connectivity index (χ1) is 10.3. The number of benzene rings is 1. The second-order valence-electron chi connectivity index (χ2n) is 5.54. The minimum absolute atomic E-state index is 0.173. The Hall–Kier alpha value is -1.93. The Morgan fingerprint density at radius 3 is 2.77 bits per heavy atom. The van der Waals surface area contributed by atoms with Gasteiger partial charge in [0.05, 0.1) is 12.2 Å². The third kappa shape index (κ3) is 4.28. The van der Waals surface area contributed by atoms with Crippen molar-refractivity contribution in [1.82, 2.24) is 10.1 Å². The van der Waals surface area contributed by atoms with Crippen molar-refractivity contribution in [1.29, 1.82) is 0 Å². The summed E-state index contributed by atoms with van der Waals surface area (Å²) in [5.74, 6) is 0.750. The quantitative estimate of drug-likeness (QED) is 0.861. The molecule has 1 aromatic heterocycles. The number of anilines is 1. The van der Waals surface area contributed by atoms with E-state index in [9.17, 15) is 4.79 Å². The number of hydrogen-bond acceptors (Lipinski definition) is 6. The lowest BCUT2D eigenvalue weighted by Gasteiger charge is -2.20. The summed E-state index contributed by atoms with van der Waals surface area (Å²) < 4.78 is 10.9. The predicted molar refractivity (Wildman–Crippen MR) is 85.2 cm³/mol. The number of aromatic nitrogens is 2. The molecule has 118 valence electrons. The number of rotatable bonds is 3. The molecule has 0 spiro atoms. The van der Waals surface area contributed by atoms with E-state index >= 15 is 0 Å². The largest absolute Gasteiger partial charge is 0.444 e. The third-order valence-electron chi connectivity index (χ3n) is 2.50. The van der Waals surface area contributed by atoms with E-state index in [0.717, 1.165) is 0 Å². The number of nitrogens with two attached hydrogens (primary N) is 1. The van der Waals surface area contributed by atoms with Crippen LogP contribution < -0.4 is 11.1 Å². The first kappa shape index (κ1) is 16.4. The number of hydrogen-bond donors (Lipinski definition) is 2. The molecule has 0 aliphatic heterocycles. The van der Waals surface area contributed by atoms with Gasteiger partial charge in [0.2, 0.25) is 11.7 Å². The molecule has 0 aliphatic carbocycles. The standard InChI is InChI=1S/C14H17BrN4O3/c1-14(2,3)21-13(20)17-10-6-8(4-5-9(10)15)12-18-11(7-16)22-19-12/h4-6H,7,16H2,1-3H3,(H,17,20). The van der Waals surface area contributed by atoms with Crippen LogP contribution >= 0.6 is 15.9 Å². The summed E-state index contributed by atoms with van der Waals surface area (Å²) in [5.41, 5.74) is 6.11. The van der Waals surface area contributed by atoms with Crippen LogP contribution in [0.3, 0.4) is 0 Å². The van der Waals surface area contributed by atoms with Gasteiger partial charge in [0, 0.05) is 10.0 Å². The summed E-state index contributed by atoms with van der Waals surface area (Å²) in [6.07, 6.45) is -0.541. The Morgan fingerprint density at radius 2 is 2.18 bits per heavy atom. The van der Waals surface area contributed by atoms with Crippen LogP contribution in [-0.2, 0) is 11.3 Å². The molecule has 0 saturated heterocycles. The summed E-state index contributed by atoms with van der Waals surface area (Å²) in [6, 6.07) is 5.30. The Morgan fingerprint density at radius 1 is 1.45 bits per heavy atom. The van der Waals surface area contributed by atoms with E-state index in [4.69, 9.17) is 15.0 Å². The molecule has 0 aliphatic rings. The van der Waals surface area contributed by atoms with E-state index in [-0.39, 0.29) is 6.54 Å². The Kier molecular flexibility index (Phi) is 4.82. The zero-order chi connectivity index (χ0) is 16.3. The van der Waals surface area contributed by atoms with Crippen molar-refractivity contribution in [2.45, 2.75) is 32.9 Å². The van der Waals surface area contributed by atoms with Gasteiger partial charge in [-0.3, -0.25) is 5.32 Å². The molecule has 2 aromatic rings. The van der Waals surface area contributed by atoms with Gasteiger partial charge in [-0.2, -0.15) is 4.98 Å². The van der Waals surface area contributed by atoms with Gasteiger partial charge in [-0.25, -0.2) is 4.79 Å². The Balaban J connectivity index is 2.21. The predicted octanol–water partition coefficient (Wildman–Crippen LogP) is 3.30. The zero-order valence-electron chi connectivity index (χ0n) is 12.5. The summed E-state index contributed by atoms with van der Waals surface area (Å²) in [7, 11) is 0. The lowest BCUT2D eigenvalue weighted by molar-refractivity contribution is 0.0636. The van der Waals surface area contributed by atoms with Gasteiger partial charge in [0.15, 0.2) is 0 Å². The van der Waals surface area contributed by atoms with Crippen LogP contribution in [0, 0.1) is 0 Å². The fourth-order valence-corrected chi connectivity index (χ4v) is 1.97. The highest BCUT2D eigenvalue weighted by Crippen LogP contribution is 2.28. The van der Waals surface area contributed by atoms with Crippen LogP contribution in [0.5, 0.6) is 0 Å². The number of carbonyl (C=O) groups excluding carboxylic acids is 1. The van der Waals surface area contributed by atoms with E-state index in [2.05, 4.69) is 31.4 Å². The maximum absolute atomic E-state index is 11.9. The Labute approximate surface area is 136 Å². The number of halogens is 1. The molecule has 0 radical (unpaired) electrons. The van der Waals surface area contributed by atoms with Crippen LogP contribution in [0.4, 0.5) is 10.5 Å². The van der Waals surface area contributed by atoms with E-state index in [1.54, 1.807) is 39.0 Å². The van der Waals surface area contributed by atoms with E-state index < -0.39 is 11.7 Å². The molecule has 0 saturated carbocycles. The molecule has 0 fully saturated rings. The molecule has 2 rings (SSSR count). The molecule has 22 heavy (non-hydrogen) atoms. The Bertz CT molecular complexity index is 679. The topological polar surface area (TPSA) is 103 Å². The molecule has 3 N–H and O–H groups in total. The summed E-state index contributed by atoms with van der Waals surface area (Å²) in [6.45, 7) is 5.57. The highest BCUT2D eigenvalue weighted by Gasteiger charge is 2.17. The molecule has 0 bridgehead atoms. The molecule has 1 heterocycles. The molecule has 0 unspecified atom stereocenters. The SMILES string of the molecule is CC(C)(C)OC(=O)Nc1cc(-c2noc(CN)n2)ccc1Br. The lowest BCUT2D eigenvalue weighted by atomic mass is 10.2. The van der Waals surface area contributed by atoms with Crippen molar-refractivity contribution in [2.24, 2.45) is 5.73 Å². The van der Waals surface area contributed by atoms with Crippen molar-refractivity contribution < 1.29 is 14.1 Å². The fraction of sp³-hybridized carbons (Fsp3) is 0.357. The van der Waals surface area contributed by atoms with Crippen LogP contribution in [0.25, 0.3) is 11.4 Å². The molecular weight excluding hydrogens is 352 g/mol. The number of ether oxygens (including phenoxy) is 1. The first-order valence-corrected chi connectivity index (χ1v) is 7.40. The van der Waals surface area contributed by atoms with Crippen molar-refractivity contribution in [3.63, 3.8) is 0 Å². The maximum atomic E-state index is 11.9.